The molecule has 0 heterocycles. The van der Waals surface area contributed by atoms with Crippen molar-refractivity contribution in [3.8, 4) is 0 Å². The summed E-state index contributed by atoms with van der Waals surface area (Å²) in [6.45, 7) is 1.43. The molecular weight excluding hydrogens is 160 g/mol. The van der Waals surface area contributed by atoms with E-state index >= 15 is 0 Å². The summed E-state index contributed by atoms with van der Waals surface area (Å²) in [5.74, 6) is -0.0342. The molecule has 1 unspecified atom stereocenters. The smallest absolute Gasteiger partial charge is 0.332 e. The maximum Gasteiger partial charge on any atom is 0.332 e. The number of Topliss-reactive ketones (excluding diaryl/α,β-unsaturated/α-hetero) is 1. The zero-order valence-corrected chi connectivity index (χ0v) is 6.78. The maximum absolute atomic E-state index is 10.5. The number of nitrogens with one attached hydrogen (secondary N) is 1. The number of carbonyl (C=O) groups excluding carboxylic acids is 2. The third-order valence-corrected chi connectivity index (χ3v) is 0.964. The summed E-state index contributed by atoms with van der Waals surface area (Å²) in [5, 5.41) is 3.40. The second-order valence-electron chi connectivity index (χ2n) is 2.32. The van der Waals surface area contributed by atoms with Gasteiger partial charge in [0.15, 0.2) is 0 Å². The quantitative estimate of drug-likeness (QED) is 0.371. The number of rotatable bonds is 4. The number of urea groups is 1. The van der Waals surface area contributed by atoms with Crippen LogP contribution < -0.4 is 16.9 Å². The van der Waals surface area contributed by atoms with E-state index in [1.165, 1.54) is 13.1 Å². The number of hydrogen-bond donors (Lipinski definition) is 3. The molecule has 0 radical (unpaired) electrons. The van der Waals surface area contributed by atoms with E-state index in [0.717, 1.165) is 0 Å². The van der Waals surface area contributed by atoms with Gasteiger partial charge in [0.25, 0.3) is 0 Å². The van der Waals surface area contributed by atoms with Gasteiger partial charge in [-0.05, 0) is 6.92 Å². The van der Waals surface area contributed by atoms with Crippen molar-refractivity contribution < 1.29 is 9.59 Å². The lowest BCUT2D eigenvalue weighted by atomic mass is 10.2. The van der Waals surface area contributed by atoms with Gasteiger partial charge in [-0.1, -0.05) is 0 Å². The molecule has 68 valence electrons. The molecule has 0 aromatic rings. The second-order valence-corrected chi connectivity index (χ2v) is 2.32. The van der Waals surface area contributed by atoms with Crippen LogP contribution in [0.3, 0.4) is 0 Å². The fourth-order valence-electron chi connectivity index (χ4n) is 0.581. The van der Waals surface area contributed by atoms with Crippen molar-refractivity contribution in [1.82, 2.24) is 5.43 Å². The molecule has 0 fully saturated rings. The number of hydrazone groups is 1. The third-order valence-electron chi connectivity index (χ3n) is 0.964. The molecule has 0 aliphatic heterocycles. The first kappa shape index (κ1) is 10.6. The molecule has 6 heteroatoms. The van der Waals surface area contributed by atoms with E-state index < -0.39 is 12.1 Å². The van der Waals surface area contributed by atoms with Crippen LogP contribution in [0.25, 0.3) is 0 Å². The van der Waals surface area contributed by atoms with E-state index in [9.17, 15) is 9.59 Å². The van der Waals surface area contributed by atoms with E-state index in [1.807, 2.05) is 5.43 Å². The van der Waals surface area contributed by atoms with Crippen molar-refractivity contribution in [3.05, 3.63) is 0 Å². The van der Waals surface area contributed by atoms with E-state index in [1.54, 1.807) is 0 Å². The van der Waals surface area contributed by atoms with Crippen molar-refractivity contribution in [1.29, 1.82) is 0 Å². The van der Waals surface area contributed by atoms with Crippen molar-refractivity contribution in [2.75, 3.05) is 0 Å². The average molecular weight is 172 g/mol. The van der Waals surface area contributed by atoms with Crippen molar-refractivity contribution in [2.24, 2.45) is 16.6 Å². The highest BCUT2D eigenvalue weighted by Crippen LogP contribution is 1.84. The maximum atomic E-state index is 10.5. The molecule has 0 saturated heterocycles. The van der Waals surface area contributed by atoms with E-state index in [2.05, 4.69) is 5.10 Å². The molecular formula is C6H12N4O2. The summed E-state index contributed by atoms with van der Waals surface area (Å²) >= 11 is 0. The third kappa shape index (κ3) is 6.69. The number of primary amides is 1. The Morgan fingerprint density at radius 3 is 2.67 bits per heavy atom. The largest absolute Gasteiger partial charge is 0.350 e. The molecule has 6 nitrogen and oxygen atoms in total. The van der Waals surface area contributed by atoms with Crippen LogP contribution >= 0.6 is 0 Å². The SMILES string of the molecule is CC(=O)CC(N)/C=N/NC(N)=O. The van der Waals surface area contributed by atoms with Crippen LogP contribution in [0.15, 0.2) is 5.10 Å². The molecule has 0 bridgehead atoms. The summed E-state index contributed by atoms with van der Waals surface area (Å²) in [4.78, 5) is 20.6. The van der Waals surface area contributed by atoms with Crippen LogP contribution in [0.5, 0.6) is 0 Å². The first-order valence-electron chi connectivity index (χ1n) is 3.36. The number of nitrogens with two attached hydrogens (primary N) is 2. The number of nitrogens with zero attached hydrogens (tertiary/aromatic N) is 1. The first-order chi connectivity index (χ1) is 5.52. The Morgan fingerprint density at radius 2 is 2.25 bits per heavy atom. The minimum absolute atomic E-state index is 0.0342. The minimum atomic E-state index is -0.763. The summed E-state index contributed by atoms with van der Waals surface area (Å²) in [5.41, 5.74) is 12.1. The van der Waals surface area contributed by atoms with Gasteiger partial charge < -0.3 is 11.5 Å². The molecule has 0 aromatic carbocycles. The lowest BCUT2D eigenvalue weighted by Gasteiger charge is -2.00. The average Bonchev–Trinajstić information content (AvgIpc) is 1.84. The molecule has 12 heavy (non-hydrogen) atoms. The van der Waals surface area contributed by atoms with Crippen molar-refractivity contribution >= 4 is 18.0 Å². The van der Waals surface area contributed by atoms with Gasteiger partial charge in [0.05, 0.1) is 0 Å². The fraction of sp³-hybridized carbons (Fsp3) is 0.500. The summed E-state index contributed by atoms with van der Waals surface area (Å²) in [6.07, 6.45) is 1.45. The highest BCUT2D eigenvalue weighted by atomic mass is 16.2. The van der Waals surface area contributed by atoms with Gasteiger partial charge in [-0.25, -0.2) is 10.2 Å². The number of ketones is 1. The van der Waals surface area contributed by atoms with E-state index in [-0.39, 0.29) is 12.2 Å². The van der Waals surface area contributed by atoms with Gasteiger partial charge in [0, 0.05) is 18.7 Å². The van der Waals surface area contributed by atoms with Crippen molar-refractivity contribution in [2.45, 2.75) is 19.4 Å². The standard InChI is InChI=1S/C6H12N4O2/c1-4(11)2-5(7)3-9-10-6(8)12/h3,5H,2,7H2,1H3,(H3,8,10,12)/b9-3+. The van der Waals surface area contributed by atoms with Gasteiger partial charge in [-0.15, -0.1) is 0 Å². The molecule has 0 aliphatic carbocycles. The highest BCUT2D eigenvalue weighted by Gasteiger charge is 2.01. The molecule has 0 spiro atoms. The molecule has 0 rings (SSSR count). The van der Waals surface area contributed by atoms with Gasteiger partial charge in [0.1, 0.15) is 5.78 Å². The molecule has 2 amide bonds. The summed E-state index contributed by atoms with van der Waals surface area (Å²) < 4.78 is 0. The second kappa shape index (κ2) is 5.25. The van der Waals surface area contributed by atoms with Crippen LogP contribution in [0.4, 0.5) is 4.79 Å². The van der Waals surface area contributed by atoms with Crippen LogP contribution in [0.1, 0.15) is 13.3 Å². The van der Waals surface area contributed by atoms with Gasteiger partial charge in [0.2, 0.25) is 0 Å². The minimum Gasteiger partial charge on any atom is -0.350 e. The van der Waals surface area contributed by atoms with Crippen LogP contribution in [-0.2, 0) is 4.79 Å². The summed E-state index contributed by atoms with van der Waals surface area (Å²) in [7, 11) is 0. The monoisotopic (exact) mass is 172 g/mol. The van der Waals surface area contributed by atoms with E-state index in [4.69, 9.17) is 11.5 Å². The number of hydrogen-bond acceptors (Lipinski definition) is 4. The lowest BCUT2D eigenvalue weighted by molar-refractivity contribution is -0.117. The molecule has 0 aliphatic rings. The van der Waals surface area contributed by atoms with Gasteiger partial charge in [-0.2, -0.15) is 5.10 Å². The molecule has 0 saturated carbocycles. The fourth-order valence-corrected chi connectivity index (χ4v) is 0.581. The number of carbonyl (C=O) groups is 2. The van der Waals surface area contributed by atoms with Crippen LogP contribution in [0, 0.1) is 0 Å². The predicted octanol–water partition coefficient (Wildman–Crippen LogP) is -1.05. The molecule has 1 atom stereocenters. The number of amides is 2. The zero-order valence-electron chi connectivity index (χ0n) is 6.78. The topological polar surface area (TPSA) is 111 Å². The van der Waals surface area contributed by atoms with Gasteiger partial charge in [-0.3, -0.25) is 4.79 Å². The highest BCUT2D eigenvalue weighted by molar-refractivity contribution is 5.81. The summed E-state index contributed by atoms with van der Waals surface area (Å²) in [6, 6.07) is -1.24. The van der Waals surface area contributed by atoms with Crippen LogP contribution in [0.2, 0.25) is 0 Å². The molecule has 5 N–H and O–H groups in total. The lowest BCUT2D eigenvalue weighted by Crippen LogP contribution is -2.29. The Hall–Kier alpha value is -1.43. The first-order valence-corrected chi connectivity index (χ1v) is 3.36. The van der Waals surface area contributed by atoms with Crippen molar-refractivity contribution in [3.63, 3.8) is 0 Å². The predicted molar refractivity (Wildman–Crippen MR) is 44.5 cm³/mol. The normalized spacial score (nSPS) is 12.8. The Balaban J connectivity index is 3.67. The van der Waals surface area contributed by atoms with Gasteiger partial charge >= 0.3 is 6.03 Å². The Kier molecular flexibility index (Phi) is 4.62. The molecule has 0 aromatic heterocycles. The van der Waals surface area contributed by atoms with E-state index in [0.29, 0.717) is 0 Å². The van der Waals surface area contributed by atoms with Crippen LogP contribution in [-0.4, -0.2) is 24.1 Å². The Morgan fingerprint density at radius 1 is 1.67 bits per heavy atom. The Bertz CT molecular complexity index is 202. The zero-order chi connectivity index (χ0) is 9.56. The Labute approximate surface area is 70.0 Å².